The van der Waals surface area contributed by atoms with Crippen molar-refractivity contribution in [2.24, 2.45) is 7.05 Å². The van der Waals surface area contributed by atoms with Crippen LogP contribution in [0.15, 0.2) is 24.8 Å². The Bertz CT molecular complexity index is 634. The zero-order valence-corrected chi connectivity index (χ0v) is 11.8. The number of amides is 1. The fourth-order valence-electron chi connectivity index (χ4n) is 2.24. The van der Waals surface area contributed by atoms with Crippen molar-refractivity contribution >= 4 is 5.91 Å². The van der Waals surface area contributed by atoms with Crippen molar-refractivity contribution in [1.82, 2.24) is 24.8 Å². The van der Waals surface area contributed by atoms with E-state index in [1.54, 1.807) is 29.4 Å². The highest BCUT2D eigenvalue weighted by Gasteiger charge is 2.20. The van der Waals surface area contributed by atoms with Crippen molar-refractivity contribution in [2.45, 2.75) is 25.5 Å². The van der Waals surface area contributed by atoms with E-state index in [0.717, 1.165) is 25.1 Å². The molecular weight excluding hydrogens is 270 g/mol. The molecule has 1 fully saturated rings. The van der Waals surface area contributed by atoms with E-state index in [2.05, 4.69) is 20.3 Å². The summed E-state index contributed by atoms with van der Waals surface area (Å²) >= 11 is 0. The van der Waals surface area contributed by atoms with Gasteiger partial charge in [-0.2, -0.15) is 0 Å². The summed E-state index contributed by atoms with van der Waals surface area (Å²) in [6, 6.07) is 1.79. The molecule has 1 unspecified atom stereocenters. The molecule has 1 aliphatic rings. The van der Waals surface area contributed by atoms with Gasteiger partial charge in [0.15, 0.2) is 5.82 Å². The van der Waals surface area contributed by atoms with E-state index in [-0.39, 0.29) is 12.0 Å². The van der Waals surface area contributed by atoms with Gasteiger partial charge in [0.2, 0.25) is 0 Å². The molecule has 0 aromatic carbocycles. The number of aryl methyl sites for hydroxylation is 1. The van der Waals surface area contributed by atoms with Gasteiger partial charge in [-0.1, -0.05) is 0 Å². The van der Waals surface area contributed by atoms with Gasteiger partial charge in [-0.3, -0.25) is 4.79 Å². The van der Waals surface area contributed by atoms with E-state index in [0.29, 0.717) is 18.1 Å². The molecule has 0 aliphatic carbocycles. The first-order valence-electron chi connectivity index (χ1n) is 6.92. The van der Waals surface area contributed by atoms with Gasteiger partial charge in [0.25, 0.3) is 5.91 Å². The first kappa shape index (κ1) is 13.7. The molecule has 7 heteroatoms. The quantitative estimate of drug-likeness (QED) is 0.907. The van der Waals surface area contributed by atoms with Crippen molar-refractivity contribution in [2.75, 3.05) is 6.61 Å². The molecule has 1 amide bonds. The van der Waals surface area contributed by atoms with Crippen molar-refractivity contribution in [3.05, 3.63) is 42.0 Å². The second kappa shape index (κ2) is 6.01. The Balaban J connectivity index is 1.62. The number of nitrogens with zero attached hydrogens (tertiary/aromatic N) is 4. The van der Waals surface area contributed by atoms with Gasteiger partial charge in [-0.05, 0) is 18.9 Å². The number of aromatic nitrogens is 4. The fourth-order valence-corrected chi connectivity index (χ4v) is 2.24. The van der Waals surface area contributed by atoms with Crippen LogP contribution >= 0.6 is 0 Å². The molecule has 21 heavy (non-hydrogen) atoms. The van der Waals surface area contributed by atoms with Crippen molar-refractivity contribution < 1.29 is 9.53 Å². The minimum Gasteiger partial charge on any atom is -0.370 e. The molecule has 1 aliphatic heterocycles. The van der Waals surface area contributed by atoms with Crippen LogP contribution in [0, 0.1) is 0 Å². The predicted molar refractivity (Wildman–Crippen MR) is 74.3 cm³/mol. The highest BCUT2D eigenvalue weighted by Crippen LogP contribution is 2.25. The van der Waals surface area contributed by atoms with Gasteiger partial charge < -0.3 is 14.6 Å². The second-order valence-electron chi connectivity index (χ2n) is 5.01. The summed E-state index contributed by atoms with van der Waals surface area (Å²) in [5.74, 6) is 0.477. The monoisotopic (exact) mass is 287 g/mol. The first-order valence-corrected chi connectivity index (χ1v) is 6.92. The average molecular weight is 287 g/mol. The molecule has 1 atom stereocenters. The Kier molecular flexibility index (Phi) is 3.92. The lowest BCUT2D eigenvalue weighted by molar-refractivity contribution is 0.0945. The lowest BCUT2D eigenvalue weighted by Gasteiger charge is -2.09. The van der Waals surface area contributed by atoms with Gasteiger partial charge in [0.05, 0.1) is 18.6 Å². The Hall–Kier alpha value is -2.28. The van der Waals surface area contributed by atoms with E-state index < -0.39 is 0 Å². The number of rotatable bonds is 4. The van der Waals surface area contributed by atoms with E-state index in [4.69, 9.17) is 4.74 Å². The molecule has 1 saturated heterocycles. The van der Waals surface area contributed by atoms with Crippen LogP contribution < -0.4 is 5.32 Å². The molecule has 2 aromatic heterocycles. The minimum atomic E-state index is -0.215. The maximum Gasteiger partial charge on any atom is 0.271 e. The van der Waals surface area contributed by atoms with E-state index in [9.17, 15) is 4.79 Å². The summed E-state index contributed by atoms with van der Waals surface area (Å²) in [7, 11) is 1.82. The van der Waals surface area contributed by atoms with E-state index >= 15 is 0 Å². The van der Waals surface area contributed by atoms with Gasteiger partial charge in [-0.25, -0.2) is 15.0 Å². The van der Waals surface area contributed by atoms with Crippen LogP contribution in [0.25, 0.3) is 0 Å². The number of hydrogen-bond acceptors (Lipinski definition) is 5. The third-order valence-electron chi connectivity index (χ3n) is 3.32. The molecule has 0 spiro atoms. The molecule has 110 valence electrons. The Labute approximate surface area is 122 Å². The van der Waals surface area contributed by atoms with Crippen molar-refractivity contribution in [3.8, 4) is 0 Å². The van der Waals surface area contributed by atoms with Crippen LogP contribution in [0.4, 0.5) is 0 Å². The van der Waals surface area contributed by atoms with Crippen molar-refractivity contribution in [3.63, 3.8) is 0 Å². The van der Waals surface area contributed by atoms with Crippen molar-refractivity contribution in [1.29, 1.82) is 0 Å². The molecule has 0 bridgehead atoms. The largest absolute Gasteiger partial charge is 0.370 e. The number of hydrogen-bond donors (Lipinski definition) is 1. The number of ether oxygens (including phenoxy) is 1. The average Bonchev–Trinajstić information content (AvgIpc) is 3.16. The van der Waals surface area contributed by atoms with Gasteiger partial charge in [0.1, 0.15) is 11.8 Å². The normalized spacial score (nSPS) is 17.9. The van der Waals surface area contributed by atoms with E-state index in [1.165, 1.54) is 0 Å². The Morgan fingerprint density at radius 1 is 1.52 bits per heavy atom. The molecule has 0 radical (unpaired) electrons. The summed E-state index contributed by atoms with van der Waals surface area (Å²) < 4.78 is 7.30. The Morgan fingerprint density at radius 3 is 3.14 bits per heavy atom. The smallest absolute Gasteiger partial charge is 0.271 e. The zero-order chi connectivity index (χ0) is 14.7. The number of imidazole rings is 1. The summed E-state index contributed by atoms with van der Waals surface area (Å²) in [5.41, 5.74) is 1.16. The summed E-state index contributed by atoms with van der Waals surface area (Å²) in [6.45, 7) is 1.10. The van der Waals surface area contributed by atoms with Gasteiger partial charge in [-0.15, -0.1) is 0 Å². The summed E-state index contributed by atoms with van der Waals surface area (Å²) in [5, 5.41) is 2.80. The van der Waals surface area contributed by atoms with Crippen LogP contribution in [0.1, 0.15) is 41.0 Å². The molecule has 7 nitrogen and oxygen atoms in total. The van der Waals surface area contributed by atoms with E-state index in [1.807, 2.05) is 7.05 Å². The molecule has 3 heterocycles. The lowest BCUT2D eigenvalue weighted by atomic mass is 10.2. The number of carbonyl (C=O) groups excluding carboxylic acids is 1. The van der Waals surface area contributed by atoms with Gasteiger partial charge >= 0.3 is 0 Å². The third-order valence-corrected chi connectivity index (χ3v) is 3.32. The molecule has 0 saturated carbocycles. The topological polar surface area (TPSA) is 81.9 Å². The zero-order valence-electron chi connectivity index (χ0n) is 11.8. The Morgan fingerprint density at radius 2 is 2.43 bits per heavy atom. The first-order chi connectivity index (χ1) is 10.2. The highest BCUT2D eigenvalue weighted by atomic mass is 16.5. The van der Waals surface area contributed by atoms with Crippen LogP contribution in [0.5, 0.6) is 0 Å². The van der Waals surface area contributed by atoms with Crippen LogP contribution in [0.3, 0.4) is 0 Å². The molecule has 2 aromatic rings. The maximum atomic E-state index is 11.9. The highest BCUT2D eigenvalue weighted by molar-refractivity contribution is 5.91. The predicted octanol–water partition coefficient (Wildman–Crippen LogP) is 0.992. The van der Waals surface area contributed by atoms with Crippen LogP contribution in [-0.4, -0.2) is 32.0 Å². The molecular formula is C14H17N5O2. The summed E-state index contributed by atoms with van der Waals surface area (Å²) in [4.78, 5) is 24.6. The summed E-state index contributed by atoms with van der Waals surface area (Å²) in [6.07, 6.45) is 6.93. The molecule has 3 rings (SSSR count). The fraction of sp³-hybridized carbons (Fsp3) is 0.429. The lowest BCUT2D eigenvalue weighted by Crippen LogP contribution is -2.24. The molecule has 1 N–H and O–H groups in total. The second-order valence-corrected chi connectivity index (χ2v) is 5.01. The van der Waals surface area contributed by atoms with Crippen LogP contribution in [-0.2, 0) is 18.3 Å². The number of nitrogens with one attached hydrogen (secondary N) is 1. The van der Waals surface area contributed by atoms with Crippen LogP contribution in [0.2, 0.25) is 0 Å². The van der Waals surface area contributed by atoms with Gasteiger partial charge in [0, 0.05) is 26.0 Å². The third kappa shape index (κ3) is 3.25. The maximum absolute atomic E-state index is 11.9. The standard InChI is InChI=1S/C14H17N5O2/c1-19-8-11(17-9-19)14(20)16-7-10-4-5-15-13(18-10)12-3-2-6-21-12/h4-5,8-9,12H,2-3,6-7H2,1H3,(H,16,20). The minimum absolute atomic E-state index is 0.0172. The SMILES string of the molecule is Cn1cnc(C(=O)NCc2ccnc(C3CCCO3)n2)c1. The number of carbonyl (C=O) groups is 1.